The van der Waals surface area contributed by atoms with E-state index in [1.807, 2.05) is 24.3 Å². The molecule has 1 unspecified atom stereocenters. The normalized spacial score (nSPS) is 26.5. The highest BCUT2D eigenvalue weighted by molar-refractivity contribution is 5.84. The first-order valence-corrected chi connectivity index (χ1v) is 12.2. The maximum atomic E-state index is 12.4. The van der Waals surface area contributed by atoms with Gasteiger partial charge < -0.3 is 14.9 Å². The summed E-state index contributed by atoms with van der Waals surface area (Å²) in [5.41, 5.74) is 0.0793. The number of allylic oxidation sites excluding steroid dienone is 2. The largest absolute Gasteiger partial charge is 0.469 e. The van der Waals surface area contributed by atoms with Gasteiger partial charge in [0.15, 0.2) is 0 Å². The number of ether oxygens (including phenoxy) is 1. The third kappa shape index (κ3) is 7.57. The minimum absolute atomic E-state index is 0.0793. The summed E-state index contributed by atoms with van der Waals surface area (Å²) < 4.78 is 4.63. The van der Waals surface area contributed by atoms with Gasteiger partial charge in [-0.05, 0) is 50.4 Å². The van der Waals surface area contributed by atoms with Crippen LogP contribution in [0.2, 0.25) is 0 Å². The molecule has 2 aliphatic rings. The number of carbonyl (C=O) groups is 2. The summed E-state index contributed by atoms with van der Waals surface area (Å²) in [4.78, 5) is 23.5. The zero-order chi connectivity index (χ0) is 22.7. The van der Waals surface area contributed by atoms with E-state index in [2.05, 4.69) is 11.7 Å². The molecule has 2 aliphatic carbocycles. The van der Waals surface area contributed by atoms with Gasteiger partial charge in [-0.1, -0.05) is 56.9 Å². The Bertz CT molecular complexity index is 619. The number of Topliss-reactive ketones (excluding diaryl/α,β-unsaturated/α-hetero) is 1. The maximum absolute atomic E-state index is 12.4. The monoisotopic (exact) mass is 434 g/mol. The number of hydrogen-bond donors (Lipinski definition) is 2. The van der Waals surface area contributed by atoms with Gasteiger partial charge >= 0.3 is 5.97 Å². The summed E-state index contributed by atoms with van der Waals surface area (Å²) >= 11 is 0. The molecule has 5 heteroatoms. The summed E-state index contributed by atoms with van der Waals surface area (Å²) in [6, 6.07) is 0. The van der Waals surface area contributed by atoms with Gasteiger partial charge in [-0.3, -0.25) is 9.59 Å². The second-order valence-corrected chi connectivity index (χ2v) is 9.45. The number of aliphatic hydroxyl groups excluding tert-OH is 2. The van der Waals surface area contributed by atoms with Crippen molar-refractivity contribution in [1.82, 2.24) is 0 Å². The molecule has 0 spiro atoms. The van der Waals surface area contributed by atoms with Crippen molar-refractivity contribution in [2.45, 2.75) is 103 Å². The Labute approximate surface area is 187 Å². The molecule has 0 saturated heterocycles. The Morgan fingerprint density at radius 1 is 1.23 bits per heavy atom. The smallest absolute Gasteiger partial charge is 0.305 e. The van der Waals surface area contributed by atoms with E-state index in [4.69, 9.17) is 0 Å². The van der Waals surface area contributed by atoms with Crippen molar-refractivity contribution in [1.29, 1.82) is 0 Å². The Morgan fingerprint density at radius 2 is 2.00 bits per heavy atom. The summed E-state index contributed by atoms with van der Waals surface area (Å²) in [6.07, 6.45) is 18.4. The van der Waals surface area contributed by atoms with E-state index in [0.29, 0.717) is 19.3 Å². The summed E-state index contributed by atoms with van der Waals surface area (Å²) in [6.45, 7) is 2.20. The van der Waals surface area contributed by atoms with Gasteiger partial charge in [0.05, 0.1) is 19.3 Å². The molecule has 4 atom stereocenters. The van der Waals surface area contributed by atoms with Crippen LogP contribution in [0.3, 0.4) is 0 Å². The Kier molecular flexibility index (Phi) is 11.0. The predicted molar refractivity (Wildman–Crippen MR) is 122 cm³/mol. The van der Waals surface area contributed by atoms with Gasteiger partial charge in [0.25, 0.3) is 0 Å². The molecule has 31 heavy (non-hydrogen) atoms. The van der Waals surface area contributed by atoms with Gasteiger partial charge in [-0.15, -0.1) is 0 Å². The highest BCUT2D eigenvalue weighted by Crippen LogP contribution is 2.49. The minimum atomic E-state index is -0.638. The molecule has 0 heterocycles. The standard InChI is InChI=1S/C26H42O5/c1-3-4-9-16-26(17-11-18-26)24(29)14-10-13-21-20(22(27)19-23(21)28)12-7-5-6-8-15-25(30)31-2/h5,7,10,13,20-21,23-24,28-29H,3-4,6,8-9,11-12,14-19H2,1-2H3/t20-,21-,23-,24?/m1/s1. The topological polar surface area (TPSA) is 83.8 Å². The van der Waals surface area contributed by atoms with Gasteiger partial charge in [-0.2, -0.15) is 0 Å². The van der Waals surface area contributed by atoms with Crippen LogP contribution in [0.5, 0.6) is 0 Å². The van der Waals surface area contributed by atoms with Gasteiger partial charge in [-0.25, -0.2) is 0 Å². The fourth-order valence-corrected chi connectivity index (χ4v) is 5.08. The van der Waals surface area contributed by atoms with Gasteiger partial charge in [0.1, 0.15) is 5.78 Å². The molecular weight excluding hydrogens is 392 g/mol. The van der Waals surface area contributed by atoms with Gasteiger partial charge in [0, 0.05) is 24.7 Å². The molecule has 5 nitrogen and oxygen atoms in total. The Morgan fingerprint density at radius 3 is 2.65 bits per heavy atom. The lowest BCUT2D eigenvalue weighted by Gasteiger charge is -2.46. The molecule has 0 aromatic rings. The number of esters is 1. The van der Waals surface area contributed by atoms with Crippen LogP contribution in [0.4, 0.5) is 0 Å². The average Bonchev–Trinajstić information content (AvgIpc) is 2.99. The molecule has 0 aromatic carbocycles. The van der Waals surface area contributed by atoms with E-state index in [0.717, 1.165) is 32.1 Å². The van der Waals surface area contributed by atoms with Crippen LogP contribution < -0.4 is 0 Å². The quantitative estimate of drug-likeness (QED) is 0.231. The number of unbranched alkanes of at least 4 members (excludes halogenated alkanes) is 3. The van der Waals surface area contributed by atoms with E-state index in [9.17, 15) is 19.8 Å². The molecule has 0 aromatic heterocycles. The molecule has 2 N–H and O–H groups in total. The third-order valence-corrected chi connectivity index (χ3v) is 7.32. The van der Waals surface area contributed by atoms with Crippen molar-refractivity contribution in [2.24, 2.45) is 17.3 Å². The van der Waals surface area contributed by atoms with Crippen molar-refractivity contribution in [3.63, 3.8) is 0 Å². The van der Waals surface area contributed by atoms with Crippen LogP contribution in [0, 0.1) is 17.3 Å². The van der Waals surface area contributed by atoms with Crippen molar-refractivity contribution >= 4 is 11.8 Å². The zero-order valence-corrected chi connectivity index (χ0v) is 19.4. The number of methoxy groups -OCH3 is 1. The second kappa shape index (κ2) is 13.2. The molecule has 0 radical (unpaired) electrons. The molecule has 2 rings (SSSR count). The van der Waals surface area contributed by atoms with E-state index in [1.165, 1.54) is 32.8 Å². The number of aliphatic hydroxyl groups is 2. The second-order valence-electron chi connectivity index (χ2n) is 9.45. The van der Waals surface area contributed by atoms with Crippen LogP contribution in [0.25, 0.3) is 0 Å². The van der Waals surface area contributed by atoms with Crippen molar-refractivity contribution in [3.05, 3.63) is 24.3 Å². The molecule has 0 bridgehead atoms. The maximum Gasteiger partial charge on any atom is 0.305 e. The van der Waals surface area contributed by atoms with E-state index in [-0.39, 0.29) is 41.5 Å². The lowest BCUT2D eigenvalue weighted by Crippen LogP contribution is -2.41. The third-order valence-electron chi connectivity index (χ3n) is 7.32. The lowest BCUT2D eigenvalue weighted by atomic mass is 9.61. The number of rotatable bonds is 14. The molecule has 2 fully saturated rings. The SMILES string of the molecule is CCCCCC1(C(O)CC=C[C@H]2[C@H](O)CC(=O)[C@@H]2CC=CCCCC(=O)OC)CCC1. The minimum Gasteiger partial charge on any atom is -0.469 e. The first kappa shape index (κ1) is 25.8. The van der Waals surface area contributed by atoms with E-state index in [1.54, 1.807) is 0 Å². The van der Waals surface area contributed by atoms with E-state index < -0.39 is 6.10 Å². The van der Waals surface area contributed by atoms with Crippen LogP contribution in [-0.4, -0.2) is 41.3 Å². The fraction of sp³-hybridized carbons (Fsp3) is 0.769. The molecule has 0 amide bonds. The fourth-order valence-electron chi connectivity index (χ4n) is 5.08. The van der Waals surface area contributed by atoms with Crippen LogP contribution in [0.15, 0.2) is 24.3 Å². The number of hydrogen-bond acceptors (Lipinski definition) is 5. The van der Waals surface area contributed by atoms with Crippen LogP contribution in [0.1, 0.15) is 90.4 Å². The number of carbonyl (C=O) groups excluding carboxylic acids is 2. The Hall–Kier alpha value is -1.46. The van der Waals surface area contributed by atoms with Crippen molar-refractivity contribution in [3.8, 4) is 0 Å². The van der Waals surface area contributed by atoms with E-state index >= 15 is 0 Å². The van der Waals surface area contributed by atoms with Gasteiger partial charge in [0.2, 0.25) is 0 Å². The lowest BCUT2D eigenvalue weighted by molar-refractivity contribution is -0.140. The van der Waals surface area contributed by atoms with Crippen molar-refractivity contribution < 1.29 is 24.5 Å². The summed E-state index contributed by atoms with van der Waals surface area (Å²) in [5, 5.41) is 21.2. The first-order chi connectivity index (χ1) is 14.9. The summed E-state index contributed by atoms with van der Waals surface area (Å²) in [5.74, 6) is -0.486. The molecule has 176 valence electrons. The highest BCUT2D eigenvalue weighted by atomic mass is 16.5. The predicted octanol–water partition coefficient (Wildman–Crippen LogP) is 4.90. The Balaban J connectivity index is 1.83. The highest BCUT2D eigenvalue weighted by Gasteiger charge is 2.42. The molecule has 2 saturated carbocycles. The van der Waals surface area contributed by atoms with Crippen LogP contribution >= 0.6 is 0 Å². The van der Waals surface area contributed by atoms with Crippen molar-refractivity contribution in [2.75, 3.05) is 7.11 Å². The average molecular weight is 435 g/mol. The molecular formula is C26H42O5. The molecule has 0 aliphatic heterocycles. The first-order valence-electron chi connectivity index (χ1n) is 12.2. The van der Waals surface area contributed by atoms with Crippen LogP contribution in [-0.2, 0) is 14.3 Å². The number of ketones is 1. The summed E-state index contributed by atoms with van der Waals surface area (Å²) in [7, 11) is 1.39. The zero-order valence-electron chi connectivity index (χ0n) is 19.4.